The van der Waals surface area contributed by atoms with Crippen LogP contribution in [0.25, 0.3) is 0 Å². The first-order chi connectivity index (χ1) is 6.22. The molecule has 0 spiro atoms. The Hall–Kier alpha value is 0.210. The molecule has 0 saturated heterocycles. The summed E-state index contributed by atoms with van der Waals surface area (Å²) < 4.78 is 0. The van der Waals surface area contributed by atoms with Crippen LogP contribution in [0.4, 0.5) is 0 Å². The van der Waals surface area contributed by atoms with Gasteiger partial charge in [0.05, 0.1) is 18.1 Å². The standard InChI is InChI=1S/C10H21ClO2/c1-2-3-4-5-6-7-9(11)10(13)8-12/h9-10,12-13H,2-8H2,1H3/t9-,10+/m0/s1. The highest BCUT2D eigenvalue weighted by Crippen LogP contribution is 2.13. The third-order valence-corrected chi connectivity index (χ3v) is 2.70. The Morgan fingerprint density at radius 1 is 1.15 bits per heavy atom. The number of alkyl halides is 1. The van der Waals surface area contributed by atoms with Crippen molar-refractivity contribution in [3.63, 3.8) is 0 Å². The van der Waals surface area contributed by atoms with E-state index in [-0.39, 0.29) is 12.0 Å². The number of aliphatic hydroxyl groups excluding tert-OH is 2. The molecule has 0 unspecified atom stereocenters. The first-order valence-corrected chi connectivity index (χ1v) is 5.59. The van der Waals surface area contributed by atoms with Crippen molar-refractivity contribution in [2.24, 2.45) is 0 Å². The number of hydrogen-bond donors (Lipinski definition) is 2. The molecule has 0 rings (SSSR count). The summed E-state index contributed by atoms with van der Waals surface area (Å²) in [6.07, 6.45) is 6.02. The Labute approximate surface area is 85.9 Å². The molecule has 0 aromatic carbocycles. The van der Waals surface area contributed by atoms with Gasteiger partial charge in [-0.2, -0.15) is 0 Å². The monoisotopic (exact) mass is 208 g/mol. The molecule has 0 amide bonds. The molecule has 0 bridgehead atoms. The lowest BCUT2D eigenvalue weighted by Crippen LogP contribution is -2.24. The highest BCUT2D eigenvalue weighted by atomic mass is 35.5. The van der Waals surface area contributed by atoms with Crippen molar-refractivity contribution in [1.29, 1.82) is 0 Å². The molecule has 0 aliphatic rings. The van der Waals surface area contributed by atoms with Crippen LogP contribution < -0.4 is 0 Å². The van der Waals surface area contributed by atoms with E-state index in [0.717, 1.165) is 12.8 Å². The number of halogens is 1. The third kappa shape index (κ3) is 7.29. The van der Waals surface area contributed by atoms with Gasteiger partial charge in [-0.25, -0.2) is 0 Å². The molecular weight excluding hydrogens is 188 g/mol. The zero-order chi connectivity index (χ0) is 10.1. The largest absolute Gasteiger partial charge is 0.394 e. The van der Waals surface area contributed by atoms with E-state index in [9.17, 15) is 0 Å². The Morgan fingerprint density at radius 3 is 2.31 bits per heavy atom. The van der Waals surface area contributed by atoms with Crippen molar-refractivity contribution in [2.45, 2.75) is 56.9 Å². The molecule has 0 aromatic heterocycles. The number of unbranched alkanes of at least 4 members (excludes halogenated alkanes) is 4. The molecule has 13 heavy (non-hydrogen) atoms. The normalized spacial score (nSPS) is 15.7. The summed E-state index contributed by atoms with van der Waals surface area (Å²) in [7, 11) is 0. The fourth-order valence-corrected chi connectivity index (χ4v) is 1.48. The quantitative estimate of drug-likeness (QED) is 0.475. The molecule has 80 valence electrons. The first kappa shape index (κ1) is 13.2. The fraction of sp³-hybridized carbons (Fsp3) is 1.00. The van der Waals surface area contributed by atoms with Gasteiger partial charge in [0.25, 0.3) is 0 Å². The highest BCUT2D eigenvalue weighted by Gasteiger charge is 2.14. The van der Waals surface area contributed by atoms with Gasteiger partial charge in [-0.05, 0) is 6.42 Å². The molecule has 0 heterocycles. The summed E-state index contributed by atoms with van der Waals surface area (Å²) in [5.41, 5.74) is 0. The Kier molecular flexibility index (Phi) is 8.93. The van der Waals surface area contributed by atoms with Gasteiger partial charge in [-0.1, -0.05) is 39.0 Å². The second-order valence-corrected chi connectivity index (χ2v) is 4.03. The van der Waals surface area contributed by atoms with Crippen molar-refractivity contribution in [1.82, 2.24) is 0 Å². The fourth-order valence-electron chi connectivity index (χ4n) is 1.25. The second kappa shape index (κ2) is 8.79. The van der Waals surface area contributed by atoms with Gasteiger partial charge in [-0.15, -0.1) is 11.6 Å². The van der Waals surface area contributed by atoms with Gasteiger partial charge in [0.1, 0.15) is 0 Å². The van der Waals surface area contributed by atoms with E-state index in [0.29, 0.717) is 0 Å². The van der Waals surface area contributed by atoms with E-state index in [2.05, 4.69) is 6.92 Å². The number of hydrogen-bond acceptors (Lipinski definition) is 2. The molecule has 0 saturated carbocycles. The van der Waals surface area contributed by atoms with Gasteiger partial charge >= 0.3 is 0 Å². The van der Waals surface area contributed by atoms with Crippen LogP contribution in [0.15, 0.2) is 0 Å². The minimum absolute atomic E-state index is 0.233. The summed E-state index contributed by atoms with van der Waals surface area (Å²) in [5.74, 6) is 0. The lowest BCUT2D eigenvalue weighted by Gasteiger charge is -2.13. The van der Waals surface area contributed by atoms with Crippen LogP contribution >= 0.6 is 11.6 Å². The maximum absolute atomic E-state index is 9.15. The van der Waals surface area contributed by atoms with Crippen LogP contribution in [0.2, 0.25) is 0 Å². The molecule has 2 N–H and O–H groups in total. The first-order valence-electron chi connectivity index (χ1n) is 5.15. The molecule has 0 fully saturated rings. The molecule has 0 radical (unpaired) electrons. The predicted molar refractivity (Wildman–Crippen MR) is 56.1 cm³/mol. The topological polar surface area (TPSA) is 40.5 Å². The van der Waals surface area contributed by atoms with Crippen LogP contribution in [0.3, 0.4) is 0 Å². The molecule has 2 atom stereocenters. The van der Waals surface area contributed by atoms with E-state index in [1.54, 1.807) is 0 Å². The molecular formula is C10H21ClO2. The summed E-state index contributed by atoms with van der Waals surface area (Å²) in [5, 5.41) is 17.5. The highest BCUT2D eigenvalue weighted by molar-refractivity contribution is 6.21. The van der Waals surface area contributed by atoms with E-state index < -0.39 is 6.10 Å². The predicted octanol–water partition coefficient (Wildman–Crippen LogP) is 2.31. The van der Waals surface area contributed by atoms with Crippen LogP contribution in [0.1, 0.15) is 45.4 Å². The van der Waals surface area contributed by atoms with E-state index >= 15 is 0 Å². The molecule has 0 aliphatic carbocycles. The van der Waals surface area contributed by atoms with Crippen LogP contribution in [-0.2, 0) is 0 Å². The maximum Gasteiger partial charge on any atom is 0.0933 e. The third-order valence-electron chi connectivity index (χ3n) is 2.19. The number of aliphatic hydroxyl groups is 2. The van der Waals surface area contributed by atoms with Gasteiger partial charge in [0, 0.05) is 0 Å². The van der Waals surface area contributed by atoms with Gasteiger partial charge < -0.3 is 10.2 Å². The van der Waals surface area contributed by atoms with Gasteiger partial charge in [-0.3, -0.25) is 0 Å². The summed E-state index contributed by atoms with van der Waals surface area (Å²) in [6, 6.07) is 0. The zero-order valence-electron chi connectivity index (χ0n) is 8.38. The SMILES string of the molecule is CCCCCCC[C@H](Cl)[C@H](O)CO. The Morgan fingerprint density at radius 2 is 1.77 bits per heavy atom. The van der Waals surface area contributed by atoms with Gasteiger partial charge in [0.15, 0.2) is 0 Å². The van der Waals surface area contributed by atoms with E-state index in [1.165, 1.54) is 25.7 Å². The van der Waals surface area contributed by atoms with Crippen molar-refractivity contribution >= 4 is 11.6 Å². The lowest BCUT2D eigenvalue weighted by molar-refractivity contribution is 0.0890. The van der Waals surface area contributed by atoms with E-state index in [4.69, 9.17) is 21.8 Å². The second-order valence-electron chi connectivity index (χ2n) is 3.47. The Balaban J connectivity index is 3.21. The maximum atomic E-state index is 9.15. The lowest BCUT2D eigenvalue weighted by atomic mass is 10.1. The summed E-state index contributed by atoms with van der Waals surface area (Å²) in [6.45, 7) is 1.95. The molecule has 2 nitrogen and oxygen atoms in total. The van der Waals surface area contributed by atoms with E-state index in [1.807, 2.05) is 0 Å². The minimum Gasteiger partial charge on any atom is -0.394 e. The van der Waals surface area contributed by atoms with Crippen molar-refractivity contribution < 1.29 is 10.2 Å². The average molecular weight is 209 g/mol. The van der Waals surface area contributed by atoms with Crippen molar-refractivity contribution in [2.75, 3.05) is 6.61 Å². The number of rotatable bonds is 8. The van der Waals surface area contributed by atoms with Crippen LogP contribution in [0.5, 0.6) is 0 Å². The van der Waals surface area contributed by atoms with Crippen LogP contribution in [-0.4, -0.2) is 28.3 Å². The van der Waals surface area contributed by atoms with Gasteiger partial charge in [0.2, 0.25) is 0 Å². The average Bonchev–Trinajstić information content (AvgIpc) is 2.16. The molecule has 0 aliphatic heterocycles. The summed E-state index contributed by atoms with van der Waals surface area (Å²) >= 11 is 5.83. The van der Waals surface area contributed by atoms with Crippen molar-refractivity contribution in [3.8, 4) is 0 Å². The minimum atomic E-state index is -0.757. The zero-order valence-corrected chi connectivity index (χ0v) is 9.13. The Bertz CT molecular complexity index is 109. The molecule has 0 aromatic rings. The smallest absolute Gasteiger partial charge is 0.0933 e. The summed E-state index contributed by atoms with van der Waals surface area (Å²) in [4.78, 5) is 0. The van der Waals surface area contributed by atoms with Crippen molar-refractivity contribution in [3.05, 3.63) is 0 Å². The molecule has 3 heteroatoms. The van der Waals surface area contributed by atoms with Crippen LogP contribution in [0, 0.1) is 0 Å².